The lowest BCUT2D eigenvalue weighted by Gasteiger charge is -2.07. The molecular formula is C15H15N5O3S2. The van der Waals surface area contributed by atoms with Crippen LogP contribution in [0, 0.1) is 0 Å². The van der Waals surface area contributed by atoms with Crippen LogP contribution in [-0.4, -0.2) is 46.0 Å². The number of hydrogen-bond acceptors (Lipinski definition) is 8. The van der Waals surface area contributed by atoms with Gasteiger partial charge in [0.05, 0.1) is 25.5 Å². The summed E-state index contributed by atoms with van der Waals surface area (Å²) in [6, 6.07) is 5.42. The van der Waals surface area contributed by atoms with E-state index in [1.165, 1.54) is 23.1 Å². The fourth-order valence-electron chi connectivity index (χ4n) is 2.00. The molecule has 0 spiro atoms. The molecule has 1 amide bonds. The van der Waals surface area contributed by atoms with Crippen LogP contribution in [0.1, 0.15) is 0 Å². The second-order valence-corrected chi connectivity index (χ2v) is 6.54. The fourth-order valence-corrected chi connectivity index (χ4v) is 3.14. The summed E-state index contributed by atoms with van der Waals surface area (Å²) in [6.45, 7) is 0. The van der Waals surface area contributed by atoms with Gasteiger partial charge in [-0.1, -0.05) is 11.8 Å². The normalized spacial score (nSPS) is 10.5. The molecule has 0 radical (unpaired) electrons. The number of ether oxygens (including phenoxy) is 2. The van der Waals surface area contributed by atoms with Gasteiger partial charge in [0.1, 0.15) is 11.5 Å². The molecule has 3 rings (SSSR count). The van der Waals surface area contributed by atoms with E-state index in [0.717, 1.165) is 5.56 Å². The Morgan fingerprint density at radius 1 is 1.36 bits per heavy atom. The van der Waals surface area contributed by atoms with Crippen LogP contribution in [0.5, 0.6) is 11.5 Å². The Morgan fingerprint density at radius 2 is 2.24 bits per heavy atom. The first-order valence-corrected chi connectivity index (χ1v) is 9.03. The average molecular weight is 377 g/mol. The Bertz CT molecular complexity index is 851. The fraction of sp³-hybridized carbons (Fsp3) is 0.200. The largest absolute Gasteiger partial charge is 0.497 e. The molecule has 0 unspecified atom stereocenters. The zero-order valence-electron chi connectivity index (χ0n) is 13.5. The molecule has 0 fully saturated rings. The molecular weight excluding hydrogens is 362 g/mol. The van der Waals surface area contributed by atoms with Gasteiger partial charge in [0.2, 0.25) is 11.1 Å². The number of hydrogen-bond donors (Lipinski definition) is 2. The molecule has 0 aliphatic rings. The number of aromatic nitrogens is 4. The minimum atomic E-state index is -0.159. The van der Waals surface area contributed by atoms with Gasteiger partial charge in [-0.05, 0) is 12.1 Å². The van der Waals surface area contributed by atoms with E-state index < -0.39 is 0 Å². The molecule has 8 nitrogen and oxygen atoms in total. The standard InChI is InChI=1S/C15H15N5O3S2/c1-22-9-3-4-10(11(7-9)23-2)13-18-15(20-19-13)25-8-12(21)17-14-16-5-6-24-14/h3-7H,8H2,1-2H3,(H,16,17,21)(H,18,19,20). The molecule has 0 atom stereocenters. The van der Waals surface area contributed by atoms with Crippen molar-refractivity contribution < 1.29 is 14.3 Å². The van der Waals surface area contributed by atoms with Crippen LogP contribution in [0.3, 0.4) is 0 Å². The lowest BCUT2D eigenvalue weighted by molar-refractivity contribution is -0.113. The summed E-state index contributed by atoms with van der Waals surface area (Å²) >= 11 is 2.60. The summed E-state index contributed by atoms with van der Waals surface area (Å²) in [5.41, 5.74) is 0.759. The van der Waals surface area contributed by atoms with Gasteiger partial charge in [0.15, 0.2) is 11.0 Å². The predicted molar refractivity (Wildman–Crippen MR) is 96.4 cm³/mol. The van der Waals surface area contributed by atoms with Crippen LogP contribution in [0.2, 0.25) is 0 Å². The van der Waals surface area contributed by atoms with E-state index in [1.54, 1.807) is 31.9 Å². The smallest absolute Gasteiger partial charge is 0.236 e. The summed E-state index contributed by atoms with van der Waals surface area (Å²) < 4.78 is 10.5. The topological polar surface area (TPSA) is 102 Å². The molecule has 10 heteroatoms. The number of nitrogens with zero attached hydrogens (tertiary/aromatic N) is 3. The zero-order chi connectivity index (χ0) is 17.6. The van der Waals surface area contributed by atoms with Gasteiger partial charge < -0.3 is 14.8 Å². The maximum Gasteiger partial charge on any atom is 0.236 e. The van der Waals surface area contributed by atoms with E-state index in [1.807, 2.05) is 12.1 Å². The van der Waals surface area contributed by atoms with Gasteiger partial charge in [-0.2, -0.15) is 0 Å². The molecule has 130 valence electrons. The van der Waals surface area contributed by atoms with E-state index in [-0.39, 0.29) is 11.7 Å². The highest BCUT2D eigenvalue weighted by Crippen LogP contribution is 2.32. The molecule has 0 saturated heterocycles. The minimum absolute atomic E-state index is 0.159. The molecule has 0 aliphatic carbocycles. The number of methoxy groups -OCH3 is 2. The maximum atomic E-state index is 11.9. The van der Waals surface area contributed by atoms with Crippen LogP contribution >= 0.6 is 23.1 Å². The number of benzene rings is 1. The highest BCUT2D eigenvalue weighted by Gasteiger charge is 2.13. The molecule has 0 aliphatic heterocycles. The van der Waals surface area contributed by atoms with E-state index in [2.05, 4.69) is 25.5 Å². The number of thiazole rings is 1. The lowest BCUT2D eigenvalue weighted by atomic mass is 10.2. The number of amides is 1. The van der Waals surface area contributed by atoms with Crippen molar-refractivity contribution in [3.8, 4) is 22.9 Å². The quantitative estimate of drug-likeness (QED) is 0.610. The van der Waals surface area contributed by atoms with Crippen molar-refractivity contribution in [2.24, 2.45) is 0 Å². The van der Waals surface area contributed by atoms with Crippen molar-refractivity contribution >= 4 is 34.1 Å². The Morgan fingerprint density at radius 3 is 2.96 bits per heavy atom. The van der Waals surface area contributed by atoms with E-state index in [0.29, 0.717) is 27.6 Å². The SMILES string of the molecule is COc1ccc(-c2nc(SCC(=O)Nc3nccs3)n[nH]2)c(OC)c1. The first kappa shape index (κ1) is 17.2. The van der Waals surface area contributed by atoms with Gasteiger partial charge in [-0.25, -0.2) is 9.97 Å². The Kier molecular flexibility index (Phi) is 5.51. The molecule has 3 aromatic rings. The zero-order valence-corrected chi connectivity index (χ0v) is 15.1. The van der Waals surface area contributed by atoms with Crippen LogP contribution in [-0.2, 0) is 4.79 Å². The first-order valence-electron chi connectivity index (χ1n) is 7.16. The Hall–Kier alpha value is -2.59. The molecule has 2 heterocycles. The van der Waals surface area contributed by atoms with Gasteiger partial charge >= 0.3 is 0 Å². The summed E-state index contributed by atoms with van der Waals surface area (Å²) in [4.78, 5) is 20.3. The Balaban J connectivity index is 1.65. The maximum absolute atomic E-state index is 11.9. The van der Waals surface area contributed by atoms with Crippen molar-refractivity contribution in [3.05, 3.63) is 29.8 Å². The predicted octanol–water partition coefficient (Wildman–Crippen LogP) is 2.68. The van der Waals surface area contributed by atoms with Crippen LogP contribution in [0.25, 0.3) is 11.4 Å². The molecule has 2 N–H and O–H groups in total. The molecule has 25 heavy (non-hydrogen) atoms. The number of aromatic amines is 1. The summed E-state index contributed by atoms with van der Waals surface area (Å²) in [5.74, 6) is 1.90. The number of rotatable bonds is 7. The van der Waals surface area contributed by atoms with Gasteiger partial charge in [-0.3, -0.25) is 9.89 Å². The second kappa shape index (κ2) is 7.99. The third-order valence-corrected chi connectivity index (χ3v) is 4.68. The first-order chi connectivity index (χ1) is 12.2. The highest BCUT2D eigenvalue weighted by molar-refractivity contribution is 7.99. The Labute approximate surface area is 152 Å². The summed E-state index contributed by atoms with van der Waals surface area (Å²) in [5, 5.41) is 12.5. The summed E-state index contributed by atoms with van der Waals surface area (Å²) in [6.07, 6.45) is 1.64. The van der Waals surface area contributed by atoms with Crippen LogP contribution < -0.4 is 14.8 Å². The van der Waals surface area contributed by atoms with Crippen molar-refractivity contribution in [2.45, 2.75) is 5.16 Å². The lowest BCUT2D eigenvalue weighted by Crippen LogP contribution is -2.13. The second-order valence-electron chi connectivity index (χ2n) is 4.71. The number of carbonyl (C=O) groups excluding carboxylic acids is 1. The van der Waals surface area contributed by atoms with Gasteiger partial charge in [-0.15, -0.1) is 16.4 Å². The van der Waals surface area contributed by atoms with Gasteiger partial charge in [0, 0.05) is 17.6 Å². The molecule has 2 aromatic heterocycles. The number of carbonyl (C=O) groups is 1. The molecule has 0 bridgehead atoms. The average Bonchev–Trinajstić information content (AvgIpc) is 3.31. The van der Waals surface area contributed by atoms with Crippen molar-refractivity contribution in [2.75, 3.05) is 25.3 Å². The third kappa shape index (κ3) is 4.28. The van der Waals surface area contributed by atoms with E-state index >= 15 is 0 Å². The van der Waals surface area contributed by atoms with E-state index in [9.17, 15) is 4.79 Å². The number of H-pyrrole nitrogens is 1. The van der Waals surface area contributed by atoms with Crippen LogP contribution in [0.4, 0.5) is 5.13 Å². The number of thioether (sulfide) groups is 1. The van der Waals surface area contributed by atoms with Gasteiger partial charge in [0.25, 0.3) is 0 Å². The molecule has 1 aromatic carbocycles. The highest BCUT2D eigenvalue weighted by atomic mass is 32.2. The third-order valence-electron chi connectivity index (χ3n) is 3.14. The van der Waals surface area contributed by atoms with E-state index in [4.69, 9.17) is 9.47 Å². The summed E-state index contributed by atoms with van der Waals surface area (Å²) in [7, 11) is 3.17. The minimum Gasteiger partial charge on any atom is -0.497 e. The molecule has 0 saturated carbocycles. The van der Waals surface area contributed by atoms with Crippen LogP contribution in [0.15, 0.2) is 34.9 Å². The van der Waals surface area contributed by atoms with Crippen molar-refractivity contribution in [1.82, 2.24) is 20.2 Å². The number of nitrogens with one attached hydrogen (secondary N) is 2. The number of anilines is 1. The monoisotopic (exact) mass is 377 g/mol. The van der Waals surface area contributed by atoms with Crippen molar-refractivity contribution in [3.63, 3.8) is 0 Å². The van der Waals surface area contributed by atoms with Crippen molar-refractivity contribution in [1.29, 1.82) is 0 Å².